The molecule has 0 aromatic heterocycles. The Hall–Kier alpha value is -3.08. The van der Waals surface area contributed by atoms with Crippen LogP contribution >= 0.6 is 0 Å². The molecule has 1 amide bonds. The van der Waals surface area contributed by atoms with Crippen molar-refractivity contribution >= 4 is 11.6 Å². The fraction of sp³-hybridized carbons (Fsp3) is 0.136. The Kier molecular flexibility index (Phi) is 4.22. The van der Waals surface area contributed by atoms with Crippen molar-refractivity contribution in [3.63, 3.8) is 0 Å². The van der Waals surface area contributed by atoms with Gasteiger partial charge in [0.15, 0.2) is 0 Å². The highest BCUT2D eigenvalue weighted by molar-refractivity contribution is 6.06. The lowest BCUT2D eigenvalue weighted by Crippen LogP contribution is -2.53. The Bertz CT molecular complexity index is 937. The largest absolute Gasteiger partial charge is 0.416 e. The fourth-order valence-electron chi connectivity index (χ4n) is 3.56. The van der Waals surface area contributed by atoms with Gasteiger partial charge in [0, 0.05) is 5.69 Å². The standard InChI is InChI=1S/C22H16F3NO/c23-22(24,25)17-11-13-18(14-12-17)26-20(16-9-5-2-6-10-16)19(21(26)27)15-7-3-1-4-8-15/h1-14,19-20H/t19-,20-/m1/s1. The smallest absolute Gasteiger partial charge is 0.303 e. The molecular weight excluding hydrogens is 351 g/mol. The van der Waals surface area contributed by atoms with Crippen LogP contribution in [-0.4, -0.2) is 5.91 Å². The number of anilines is 1. The van der Waals surface area contributed by atoms with E-state index in [0.29, 0.717) is 5.69 Å². The minimum atomic E-state index is -4.40. The average Bonchev–Trinajstić information content (AvgIpc) is 2.67. The van der Waals surface area contributed by atoms with Gasteiger partial charge in [0.2, 0.25) is 5.91 Å². The van der Waals surface area contributed by atoms with Gasteiger partial charge in [-0.2, -0.15) is 13.2 Å². The molecule has 5 heteroatoms. The van der Waals surface area contributed by atoms with Crippen molar-refractivity contribution in [2.24, 2.45) is 0 Å². The number of hydrogen-bond acceptors (Lipinski definition) is 1. The van der Waals surface area contributed by atoms with E-state index in [1.54, 1.807) is 4.90 Å². The zero-order valence-electron chi connectivity index (χ0n) is 14.2. The minimum Gasteiger partial charge on any atom is -0.303 e. The molecule has 2 atom stereocenters. The molecule has 1 heterocycles. The van der Waals surface area contributed by atoms with Crippen LogP contribution in [0.25, 0.3) is 0 Å². The van der Waals surface area contributed by atoms with Crippen LogP contribution in [-0.2, 0) is 11.0 Å². The highest BCUT2D eigenvalue weighted by Crippen LogP contribution is 2.49. The number of halogens is 3. The summed E-state index contributed by atoms with van der Waals surface area (Å²) in [4.78, 5) is 14.5. The van der Waals surface area contributed by atoms with Crippen molar-refractivity contribution in [2.75, 3.05) is 4.90 Å². The van der Waals surface area contributed by atoms with E-state index in [-0.39, 0.29) is 17.9 Å². The zero-order chi connectivity index (χ0) is 19.0. The van der Waals surface area contributed by atoms with Gasteiger partial charge in [0.1, 0.15) is 0 Å². The topological polar surface area (TPSA) is 20.3 Å². The van der Waals surface area contributed by atoms with Crippen LogP contribution in [0, 0.1) is 0 Å². The first kappa shape index (κ1) is 17.3. The molecule has 4 rings (SSSR count). The van der Waals surface area contributed by atoms with Crippen LogP contribution in [0.2, 0.25) is 0 Å². The maximum Gasteiger partial charge on any atom is 0.416 e. The van der Waals surface area contributed by atoms with Crippen molar-refractivity contribution < 1.29 is 18.0 Å². The average molecular weight is 367 g/mol. The number of β-lactam (4-membered cyclic amide) rings is 1. The molecule has 0 bridgehead atoms. The molecule has 0 unspecified atom stereocenters. The van der Waals surface area contributed by atoms with E-state index in [0.717, 1.165) is 23.3 Å². The van der Waals surface area contributed by atoms with E-state index >= 15 is 0 Å². The second kappa shape index (κ2) is 6.58. The third kappa shape index (κ3) is 3.10. The normalized spacial score (nSPS) is 19.7. The first-order chi connectivity index (χ1) is 13.0. The first-order valence-electron chi connectivity index (χ1n) is 8.57. The van der Waals surface area contributed by atoms with E-state index in [2.05, 4.69) is 0 Å². The Morgan fingerprint density at radius 2 is 1.22 bits per heavy atom. The van der Waals surface area contributed by atoms with Crippen LogP contribution in [0.3, 0.4) is 0 Å². The molecule has 1 fully saturated rings. The summed E-state index contributed by atoms with van der Waals surface area (Å²) in [7, 11) is 0. The third-order valence-corrected chi connectivity index (χ3v) is 4.87. The number of hydrogen-bond donors (Lipinski definition) is 0. The molecule has 1 aliphatic heterocycles. The maximum absolute atomic E-state index is 12.9. The molecule has 0 saturated carbocycles. The van der Waals surface area contributed by atoms with Gasteiger partial charge >= 0.3 is 6.18 Å². The molecule has 136 valence electrons. The third-order valence-electron chi connectivity index (χ3n) is 4.87. The lowest BCUT2D eigenvalue weighted by molar-refractivity contribution is -0.137. The van der Waals surface area contributed by atoms with Crippen LogP contribution in [0.4, 0.5) is 18.9 Å². The number of carbonyl (C=O) groups is 1. The number of alkyl halides is 3. The number of benzene rings is 3. The summed E-state index contributed by atoms with van der Waals surface area (Å²) in [5.41, 5.74) is 1.59. The number of rotatable bonds is 3. The van der Waals surface area contributed by atoms with Crippen LogP contribution in [0.5, 0.6) is 0 Å². The Morgan fingerprint density at radius 3 is 1.74 bits per heavy atom. The SMILES string of the molecule is O=C1[C@H](c2ccccc2)[C@@H](c2ccccc2)N1c1ccc(C(F)(F)F)cc1. The molecular formula is C22H16F3NO. The summed E-state index contributed by atoms with van der Waals surface area (Å²) in [5.74, 6) is -0.467. The van der Waals surface area contributed by atoms with Gasteiger partial charge in [-0.15, -0.1) is 0 Å². The van der Waals surface area contributed by atoms with Crippen molar-refractivity contribution in [3.05, 3.63) is 102 Å². The molecule has 27 heavy (non-hydrogen) atoms. The summed E-state index contributed by atoms with van der Waals surface area (Å²) < 4.78 is 38.5. The molecule has 1 saturated heterocycles. The number of carbonyl (C=O) groups excluding carboxylic acids is 1. The summed E-state index contributed by atoms with van der Waals surface area (Å²) in [5, 5.41) is 0. The monoisotopic (exact) mass is 367 g/mol. The maximum atomic E-state index is 12.9. The van der Waals surface area contributed by atoms with Gasteiger partial charge in [0.25, 0.3) is 0 Å². The molecule has 0 aliphatic carbocycles. The number of amides is 1. The highest BCUT2D eigenvalue weighted by Gasteiger charge is 2.49. The molecule has 3 aromatic carbocycles. The Morgan fingerprint density at radius 1 is 0.704 bits per heavy atom. The van der Waals surface area contributed by atoms with Crippen molar-refractivity contribution in [2.45, 2.75) is 18.1 Å². The quantitative estimate of drug-likeness (QED) is 0.554. The summed E-state index contributed by atoms with van der Waals surface area (Å²) in [6.07, 6.45) is -4.40. The van der Waals surface area contributed by atoms with Gasteiger partial charge in [-0.25, -0.2) is 0 Å². The molecule has 3 aromatic rings. The van der Waals surface area contributed by atoms with E-state index in [1.165, 1.54) is 12.1 Å². The van der Waals surface area contributed by atoms with Crippen LogP contribution in [0.1, 0.15) is 28.7 Å². The van der Waals surface area contributed by atoms with E-state index < -0.39 is 11.7 Å². The van der Waals surface area contributed by atoms with E-state index in [4.69, 9.17) is 0 Å². The summed E-state index contributed by atoms with van der Waals surface area (Å²) in [6, 6.07) is 23.5. The predicted octanol–water partition coefficient (Wildman–Crippen LogP) is 5.58. The lowest BCUT2D eigenvalue weighted by atomic mass is 9.77. The van der Waals surface area contributed by atoms with Gasteiger partial charge in [-0.1, -0.05) is 60.7 Å². The summed E-state index contributed by atoms with van der Waals surface area (Å²) in [6.45, 7) is 0. The van der Waals surface area contributed by atoms with Gasteiger partial charge in [-0.3, -0.25) is 4.79 Å². The Balaban J connectivity index is 1.73. The van der Waals surface area contributed by atoms with Crippen molar-refractivity contribution in [1.29, 1.82) is 0 Å². The number of nitrogens with zero attached hydrogens (tertiary/aromatic N) is 1. The minimum absolute atomic E-state index is 0.116. The van der Waals surface area contributed by atoms with Crippen molar-refractivity contribution in [1.82, 2.24) is 0 Å². The van der Waals surface area contributed by atoms with Gasteiger partial charge in [-0.05, 0) is 35.4 Å². The molecule has 0 spiro atoms. The second-order valence-corrected chi connectivity index (χ2v) is 6.50. The first-order valence-corrected chi connectivity index (χ1v) is 8.57. The molecule has 1 aliphatic rings. The molecule has 2 nitrogen and oxygen atoms in total. The van der Waals surface area contributed by atoms with Crippen LogP contribution < -0.4 is 4.90 Å². The predicted molar refractivity (Wildman–Crippen MR) is 97.3 cm³/mol. The lowest BCUT2D eigenvalue weighted by Gasteiger charge is -2.47. The highest BCUT2D eigenvalue weighted by atomic mass is 19.4. The second-order valence-electron chi connectivity index (χ2n) is 6.50. The van der Waals surface area contributed by atoms with Crippen molar-refractivity contribution in [3.8, 4) is 0 Å². The zero-order valence-corrected chi connectivity index (χ0v) is 14.2. The Labute approximate surface area is 154 Å². The van der Waals surface area contributed by atoms with Gasteiger partial charge < -0.3 is 4.90 Å². The van der Waals surface area contributed by atoms with Crippen LogP contribution in [0.15, 0.2) is 84.9 Å². The van der Waals surface area contributed by atoms with Gasteiger partial charge in [0.05, 0.1) is 17.5 Å². The fourth-order valence-corrected chi connectivity index (χ4v) is 3.56. The molecule has 0 N–H and O–H groups in total. The van der Waals surface area contributed by atoms with E-state index in [1.807, 2.05) is 60.7 Å². The van der Waals surface area contributed by atoms with E-state index in [9.17, 15) is 18.0 Å². The molecule has 0 radical (unpaired) electrons. The summed E-state index contributed by atoms with van der Waals surface area (Å²) >= 11 is 0.